The quantitative estimate of drug-likeness (QED) is 0.00748. The van der Waals surface area contributed by atoms with Crippen molar-refractivity contribution in [1.29, 1.82) is 0 Å². The van der Waals surface area contributed by atoms with E-state index in [2.05, 4.69) is 62.2 Å². The lowest BCUT2D eigenvalue weighted by molar-refractivity contribution is -0.127. The first-order chi connectivity index (χ1) is 59.1. The summed E-state index contributed by atoms with van der Waals surface area (Å²) in [6.45, 7) is 7.31. The molecular formula is C78H74N12O30S6. The first kappa shape index (κ1) is 95.2. The minimum atomic E-state index is -5.09. The zero-order valence-corrected chi connectivity index (χ0v) is 71.8. The fraction of sp³-hybridized carbons (Fsp3) is 0.205. The Morgan fingerprint density at radius 3 is 0.968 bits per heavy atom. The minimum Gasteiger partial charge on any atom is -0.495 e. The summed E-state index contributed by atoms with van der Waals surface area (Å²) in [5, 5.41) is 43.0. The Bertz CT molecular complexity index is 6510. The summed E-state index contributed by atoms with van der Waals surface area (Å²) >= 11 is 0. The normalized spacial score (nSPS) is 12.8. The van der Waals surface area contributed by atoms with Crippen LogP contribution < -0.4 is 40.2 Å². The van der Waals surface area contributed by atoms with Crippen LogP contribution in [0.5, 0.6) is 23.0 Å². The van der Waals surface area contributed by atoms with Gasteiger partial charge in [-0.05, 0) is 196 Å². The van der Waals surface area contributed by atoms with Gasteiger partial charge >= 0.3 is 0 Å². The average molecular weight is 1850 g/mol. The van der Waals surface area contributed by atoms with Crippen molar-refractivity contribution in [2.75, 3.05) is 75.1 Å². The number of carbonyl (C=O) groups excluding carboxylic acids is 6. The number of anilines is 4. The number of benzene rings is 10. The molecule has 48 heteroatoms. The number of hydrogen-bond acceptors (Lipinski definition) is 32. The second kappa shape index (κ2) is 39.4. The molecule has 0 heterocycles. The fourth-order valence-electron chi connectivity index (χ4n) is 11.9. The third-order valence-corrected chi connectivity index (χ3v) is 23.5. The molecule has 0 aliphatic carbocycles. The summed E-state index contributed by atoms with van der Waals surface area (Å²) in [6, 6.07) is 28.1. The van der Waals surface area contributed by atoms with Crippen molar-refractivity contribution < 1.29 is 135 Å². The number of nitrogens with zero attached hydrogens (tertiary/aromatic N) is 8. The Hall–Kier alpha value is -13.1. The highest BCUT2D eigenvalue weighted by Gasteiger charge is 2.30. The van der Waals surface area contributed by atoms with E-state index in [0.717, 1.165) is 38.1 Å². The molecule has 2 atom stereocenters. The van der Waals surface area contributed by atoms with Crippen molar-refractivity contribution in [3.05, 3.63) is 191 Å². The Kier molecular flexibility index (Phi) is 29.8. The van der Waals surface area contributed by atoms with Crippen LogP contribution in [0, 0.1) is 27.7 Å². The van der Waals surface area contributed by atoms with Gasteiger partial charge < -0.3 is 49.7 Å². The largest absolute Gasteiger partial charge is 0.495 e. The lowest BCUT2D eigenvalue weighted by atomic mass is 10.1. The van der Waals surface area contributed by atoms with Gasteiger partial charge in [0.15, 0.2) is 11.6 Å². The Morgan fingerprint density at radius 2 is 0.651 bits per heavy atom. The lowest BCUT2D eigenvalue weighted by Crippen LogP contribution is -2.32. The van der Waals surface area contributed by atoms with E-state index in [-0.39, 0.29) is 163 Å². The molecular weight excluding hydrogens is 1780 g/mol. The number of methoxy groups -OCH3 is 2. The number of ketones is 2. The molecule has 10 aromatic rings. The molecule has 0 bridgehead atoms. The molecule has 10 aromatic carbocycles. The molecule has 0 radical (unpaired) electrons. The van der Waals surface area contributed by atoms with Crippen molar-refractivity contribution in [1.82, 2.24) is 0 Å². The summed E-state index contributed by atoms with van der Waals surface area (Å²) < 4.78 is 239. The maximum Gasteiger partial charge on any atom is 0.295 e. The highest BCUT2D eigenvalue weighted by atomic mass is 32.2. The van der Waals surface area contributed by atoms with Gasteiger partial charge in [-0.1, -0.05) is 12.1 Å². The van der Waals surface area contributed by atoms with Crippen LogP contribution >= 0.6 is 0 Å². The minimum absolute atomic E-state index is 0.000840. The third kappa shape index (κ3) is 24.5. The van der Waals surface area contributed by atoms with Gasteiger partial charge in [-0.3, -0.25) is 56.1 Å². The number of azo groups is 4. The summed E-state index contributed by atoms with van der Waals surface area (Å²) in [7, 11) is -27.1. The molecule has 42 nitrogen and oxygen atoms in total. The number of Topliss-reactive ketones (excluding diaryl/α,β-unsaturated/α-hetero) is 2. The van der Waals surface area contributed by atoms with Crippen molar-refractivity contribution in [2.45, 2.75) is 83.0 Å². The van der Waals surface area contributed by atoms with Crippen molar-refractivity contribution in [3.8, 4) is 23.0 Å². The molecule has 10 N–H and O–H groups in total. The molecule has 0 aromatic heterocycles. The second-order valence-corrected chi connectivity index (χ2v) is 35.6. The Labute approximate surface area is 718 Å². The van der Waals surface area contributed by atoms with Crippen LogP contribution in [0.4, 0.5) is 56.9 Å². The van der Waals surface area contributed by atoms with Crippen molar-refractivity contribution in [2.24, 2.45) is 40.9 Å². The SMILES string of the molecule is COc1cc(S(=O)(=O)O)c(C)cc1NC(=O)C(/N=N/c1ccc(C(=O)Nc2cc(C)c(/N=N/c3ccc4cc(S(=O)(=O)O)cc(S(=O)(=O)O)c4c3)cc2OCCOCCOCCOc2cc(/N=N/c3ccc4cc(S(=O)(=O)O)cc(S(=O)(=O)O)c4c3)c(C)cc2NC(=O)c2ccc(/N=N/C(C(C)=O)C(=O)Nc3cc(C)c(S(=O)(=O)O)cc3OC)cc2)cc1)C(C)=O. The second-order valence-electron chi connectivity index (χ2n) is 27.2. The standard InChI is InChI=1S/C78H74N12O30S6/c1-41-27-63(79-75(93)47-9-15-51(16-10-47)83-89-73(45(5)91)77(95)81-61-29-43(3)69(123(103,104)105)39-65(61)115-7)67(37-59(41)87-85-53-19-13-49-31-55(121(97,98)99)35-71(57(49)33-53)125(109,110)111)119-25-23-117-21-22-118-24-26-120-68-38-60(88-86-54-20-14-50-32-56(122(100,101)102)36-72(58(50)34-54)126(112,113)114)42(2)28-64(68)80-76(94)48-11-17-52(18-12-48)84-90-74(46(6)92)78(96)82-62-30-44(4)70(124(106,107)108)40-66(62)116-8/h9-20,27-40,73-74H,21-26H2,1-8H3,(H,79,93)(H,80,94)(H,81,95)(H,82,96)(H,97,98,99)(H,100,101,102)(H,103,104,105)(H,106,107,108)(H,109,110,111)(H,112,113,114)/b87-85+,88-86+,89-83+,90-84+. The van der Waals surface area contributed by atoms with Gasteiger partial charge in [0, 0.05) is 46.2 Å². The number of ether oxygens (including phenoxy) is 6. The van der Waals surface area contributed by atoms with E-state index in [4.69, 9.17) is 28.4 Å². The predicted molar refractivity (Wildman–Crippen MR) is 450 cm³/mol. The van der Waals surface area contributed by atoms with E-state index >= 15 is 0 Å². The number of carbonyl (C=O) groups is 6. The Morgan fingerprint density at radius 1 is 0.333 bits per heavy atom. The van der Waals surface area contributed by atoms with Crippen LogP contribution in [0.1, 0.15) is 56.8 Å². The van der Waals surface area contributed by atoms with Crippen LogP contribution in [0.2, 0.25) is 0 Å². The predicted octanol–water partition coefficient (Wildman–Crippen LogP) is 12.9. The van der Waals surface area contributed by atoms with Crippen LogP contribution in [0.15, 0.2) is 228 Å². The zero-order valence-electron chi connectivity index (χ0n) is 66.9. The molecule has 662 valence electrons. The monoisotopic (exact) mass is 1850 g/mol. The van der Waals surface area contributed by atoms with Gasteiger partial charge in [0.2, 0.25) is 12.1 Å². The topological polar surface area (TPSA) is 631 Å². The van der Waals surface area contributed by atoms with E-state index in [0.29, 0.717) is 23.3 Å². The Balaban J connectivity index is 0.830. The molecule has 0 fully saturated rings. The van der Waals surface area contributed by atoms with E-state index < -0.39 is 137 Å². The first-order valence-corrected chi connectivity index (χ1v) is 44.9. The lowest BCUT2D eigenvalue weighted by Gasteiger charge is -2.16. The summed E-state index contributed by atoms with van der Waals surface area (Å²) in [4.78, 5) is 75.9. The summed E-state index contributed by atoms with van der Waals surface area (Å²) in [6.07, 6.45) is 0. The molecule has 0 aliphatic rings. The van der Waals surface area contributed by atoms with Gasteiger partial charge in [0.05, 0.1) is 107 Å². The number of hydrogen-bond donors (Lipinski definition) is 10. The molecule has 126 heavy (non-hydrogen) atoms. The number of fused-ring (bicyclic) bond motifs is 2. The highest BCUT2D eigenvalue weighted by Crippen LogP contribution is 2.41. The number of nitrogens with one attached hydrogen (secondary N) is 4. The van der Waals surface area contributed by atoms with E-state index in [1.165, 1.54) is 149 Å². The smallest absolute Gasteiger partial charge is 0.295 e. The van der Waals surface area contributed by atoms with Crippen molar-refractivity contribution >= 4 is 174 Å². The van der Waals surface area contributed by atoms with Gasteiger partial charge in [-0.15, -0.1) is 0 Å². The molecule has 0 spiro atoms. The molecule has 4 amide bonds. The number of rotatable bonds is 37. The van der Waals surface area contributed by atoms with E-state index in [1.807, 2.05) is 0 Å². The average Bonchev–Trinajstić information content (AvgIpc) is 0.766. The summed E-state index contributed by atoms with van der Waals surface area (Å²) in [5.74, 6) is -5.19. The third-order valence-electron chi connectivity index (χ3n) is 18.0. The maximum absolute atomic E-state index is 14.0. The molecule has 10 rings (SSSR count). The molecule has 0 saturated carbocycles. The van der Waals surface area contributed by atoms with Gasteiger partial charge in [0.25, 0.3) is 84.3 Å². The van der Waals surface area contributed by atoms with Gasteiger partial charge in [-0.25, -0.2) is 0 Å². The zero-order chi connectivity index (χ0) is 92.3. The van der Waals surface area contributed by atoms with Crippen LogP contribution in [-0.4, -0.2) is 179 Å². The van der Waals surface area contributed by atoms with Crippen molar-refractivity contribution in [3.63, 3.8) is 0 Å². The van der Waals surface area contributed by atoms with Gasteiger partial charge in [0.1, 0.15) is 55.8 Å². The summed E-state index contributed by atoms with van der Waals surface area (Å²) in [5.41, 5.74) is 1.41. The van der Waals surface area contributed by atoms with Crippen LogP contribution in [0.25, 0.3) is 21.5 Å². The molecule has 0 aliphatic heterocycles. The van der Waals surface area contributed by atoms with Crippen LogP contribution in [0.3, 0.4) is 0 Å². The molecule has 0 saturated heterocycles. The van der Waals surface area contributed by atoms with E-state index in [9.17, 15) is 107 Å². The number of amides is 4. The highest BCUT2D eigenvalue weighted by molar-refractivity contribution is 7.87. The maximum atomic E-state index is 14.0. The molecule has 2 unspecified atom stereocenters. The number of aryl methyl sites for hydroxylation is 4. The van der Waals surface area contributed by atoms with Gasteiger partial charge in [-0.2, -0.15) is 91.4 Å². The van der Waals surface area contributed by atoms with Crippen LogP contribution in [-0.2, 0) is 89.4 Å². The first-order valence-electron chi connectivity index (χ1n) is 36.3. The fourth-order valence-corrected chi connectivity index (χ4v) is 16.0. The van der Waals surface area contributed by atoms with E-state index in [1.54, 1.807) is 13.8 Å².